The summed E-state index contributed by atoms with van der Waals surface area (Å²) in [7, 11) is 0. The molecule has 2 heterocycles. The van der Waals surface area contributed by atoms with E-state index in [1.165, 1.54) is 6.08 Å². The minimum atomic E-state index is -0.137. The van der Waals surface area contributed by atoms with Crippen molar-refractivity contribution in [3.05, 3.63) is 60.3 Å². The zero-order valence-electron chi connectivity index (χ0n) is 9.87. The van der Waals surface area contributed by atoms with Gasteiger partial charge in [0, 0.05) is 30.9 Å². The number of carbonyl (C=O) groups excluding carboxylic acids is 1. The van der Waals surface area contributed by atoms with Crippen molar-refractivity contribution in [2.24, 2.45) is 0 Å². The average molecular weight is 242 g/mol. The van der Waals surface area contributed by atoms with E-state index >= 15 is 0 Å². The molecule has 18 heavy (non-hydrogen) atoms. The van der Waals surface area contributed by atoms with Crippen LogP contribution >= 0.6 is 0 Å². The van der Waals surface area contributed by atoms with E-state index in [0.29, 0.717) is 12.3 Å². The molecule has 0 aromatic carbocycles. The number of amides is 1. The lowest BCUT2D eigenvalue weighted by Crippen LogP contribution is -2.23. The summed E-state index contributed by atoms with van der Waals surface area (Å²) in [6, 6.07) is 9.30. The molecule has 0 aliphatic rings. The molecule has 0 radical (unpaired) electrons. The summed E-state index contributed by atoms with van der Waals surface area (Å²) < 4.78 is 5.08. The van der Waals surface area contributed by atoms with Gasteiger partial charge in [0.2, 0.25) is 5.91 Å². The highest BCUT2D eigenvalue weighted by Crippen LogP contribution is 2.01. The molecule has 0 aliphatic carbocycles. The fourth-order valence-electron chi connectivity index (χ4n) is 1.46. The van der Waals surface area contributed by atoms with E-state index in [2.05, 4.69) is 10.3 Å². The van der Waals surface area contributed by atoms with Crippen LogP contribution in [0.1, 0.15) is 11.5 Å². The number of furan rings is 1. The van der Waals surface area contributed by atoms with E-state index < -0.39 is 0 Å². The lowest BCUT2D eigenvalue weighted by molar-refractivity contribution is -0.116. The summed E-state index contributed by atoms with van der Waals surface area (Å²) in [5.41, 5.74) is 0.966. The number of aromatic nitrogens is 1. The van der Waals surface area contributed by atoms with Gasteiger partial charge in [-0.25, -0.2) is 0 Å². The summed E-state index contributed by atoms with van der Waals surface area (Å²) in [5, 5.41) is 2.79. The molecule has 2 aromatic rings. The highest BCUT2D eigenvalue weighted by molar-refractivity contribution is 5.91. The summed E-state index contributed by atoms with van der Waals surface area (Å²) in [6.07, 6.45) is 7.13. The standard InChI is InChI=1S/C14H14N2O2/c17-14(7-6-13-5-3-11-18-13)16-10-8-12-4-1-2-9-15-12/h1-7,9,11H,8,10H2,(H,16,17)/b7-6+. The maximum Gasteiger partial charge on any atom is 0.244 e. The van der Waals surface area contributed by atoms with Gasteiger partial charge in [0.05, 0.1) is 6.26 Å². The second kappa shape index (κ2) is 6.39. The molecule has 0 atom stereocenters. The van der Waals surface area contributed by atoms with Gasteiger partial charge in [-0.2, -0.15) is 0 Å². The molecule has 1 N–H and O–H groups in total. The first kappa shape index (κ1) is 12.1. The van der Waals surface area contributed by atoms with Crippen molar-refractivity contribution in [2.75, 3.05) is 6.54 Å². The van der Waals surface area contributed by atoms with Crippen LogP contribution in [0.25, 0.3) is 6.08 Å². The molecule has 0 fully saturated rings. The predicted octanol–water partition coefficient (Wildman–Crippen LogP) is 2.05. The van der Waals surface area contributed by atoms with E-state index in [1.807, 2.05) is 18.2 Å². The number of hydrogen-bond acceptors (Lipinski definition) is 3. The van der Waals surface area contributed by atoms with Crippen molar-refractivity contribution in [3.8, 4) is 0 Å². The normalized spacial score (nSPS) is 10.7. The average Bonchev–Trinajstić information content (AvgIpc) is 2.91. The highest BCUT2D eigenvalue weighted by Gasteiger charge is 1.97. The Balaban J connectivity index is 1.72. The molecule has 0 spiro atoms. The third-order valence-electron chi connectivity index (χ3n) is 2.35. The van der Waals surface area contributed by atoms with Gasteiger partial charge in [-0.05, 0) is 30.3 Å². The van der Waals surface area contributed by atoms with Gasteiger partial charge < -0.3 is 9.73 Å². The second-order valence-corrected chi connectivity index (χ2v) is 3.71. The number of nitrogens with zero attached hydrogens (tertiary/aromatic N) is 1. The molecule has 2 rings (SSSR count). The fourth-order valence-corrected chi connectivity index (χ4v) is 1.46. The molecule has 4 nitrogen and oxygen atoms in total. The van der Waals surface area contributed by atoms with Crippen molar-refractivity contribution >= 4 is 12.0 Å². The summed E-state index contributed by atoms with van der Waals surface area (Å²) in [5.74, 6) is 0.525. The van der Waals surface area contributed by atoms with Crippen molar-refractivity contribution in [1.82, 2.24) is 10.3 Å². The van der Waals surface area contributed by atoms with Crippen LogP contribution < -0.4 is 5.32 Å². The molecule has 2 aromatic heterocycles. The SMILES string of the molecule is O=C(/C=C/c1ccco1)NCCc1ccccn1. The van der Waals surface area contributed by atoms with Crippen LogP contribution in [0.15, 0.2) is 53.3 Å². The summed E-state index contributed by atoms with van der Waals surface area (Å²) >= 11 is 0. The van der Waals surface area contributed by atoms with Crippen LogP contribution in [-0.2, 0) is 11.2 Å². The highest BCUT2D eigenvalue weighted by atomic mass is 16.3. The first-order chi connectivity index (χ1) is 8.84. The van der Waals surface area contributed by atoms with Gasteiger partial charge in [0.15, 0.2) is 0 Å². The smallest absolute Gasteiger partial charge is 0.244 e. The Morgan fingerprint density at radius 2 is 2.28 bits per heavy atom. The van der Waals surface area contributed by atoms with Crippen molar-refractivity contribution < 1.29 is 9.21 Å². The number of pyridine rings is 1. The van der Waals surface area contributed by atoms with Crippen LogP contribution in [0.2, 0.25) is 0 Å². The molecule has 0 aliphatic heterocycles. The largest absolute Gasteiger partial charge is 0.465 e. The van der Waals surface area contributed by atoms with Crippen molar-refractivity contribution in [2.45, 2.75) is 6.42 Å². The Morgan fingerprint density at radius 1 is 1.33 bits per heavy atom. The number of hydrogen-bond donors (Lipinski definition) is 1. The predicted molar refractivity (Wildman–Crippen MR) is 68.7 cm³/mol. The van der Waals surface area contributed by atoms with E-state index in [4.69, 9.17) is 4.42 Å². The molecular weight excluding hydrogens is 228 g/mol. The molecule has 0 saturated carbocycles. The third kappa shape index (κ3) is 3.90. The lowest BCUT2D eigenvalue weighted by Gasteiger charge is -2.01. The zero-order valence-corrected chi connectivity index (χ0v) is 9.87. The quantitative estimate of drug-likeness (QED) is 0.816. The van der Waals surface area contributed by atoms with E-state index in [9.17, 15) is 4.79 Å². The van der Waals surface area contributed by atoms with Crippen molar-refractivity contribution in [3.63, 3.8) is 0 Å². The van der Waals surface area contributed by atoms with E-state index in [-0.39, 0.29) is 5.91 Å². The van der Waals surface area contributed by atoms with Crippen LogP contribution in [0.3, 0.4) is 0 Å². The van der Waals surface area contributed by atoms with Gasteiger partial charge in [-0.1, -0.05) is 6.07 Å². The van der Waals surface area contributed by atoms with Crippen LogP contribution in [0, 0.1) is 0 Å². The fraction of sp³-hybridized carbons (Fsp3) is 0.143. The van der Waals surface area contributed by atoms with Gasteiger partial charge >= 0.3 is 0 Å². The monoisotopic (exact) mass is 242 g/mol. The number of rotatable bonds is 5. The van der Waals surface area contributed by atoms with Gasteiger partial charge in [0.25, 0.3) is 0 Å². The zero-order chi connectivity index (χ0) is 12.6. The molecule has 4 heteroatoms. The van der Waals surface area contributed by atoms with Gasteiger partial charge in [-0.15, -0.1) is 0 Å². The van der Waals surface area contributed by atoms with E-state index in [0.717, 1.165) is 12.1 Å². The van der Waals surface area contributed by atoms with Crippen LogP contribution in [0.5, 0.6) is 0 Å². The molecule has 0 bridgehead atoms. The number of nitrogens with one attached hydrogen (secondary N) is 1. The maximum absolute atomic E-state index is 11.5. The van der Waals surface area contributed by atoms with Crippen LogP contribution in [0.4, 0.5) is 0 Å². The summed E-state index contributed by atoms with van der Waals surface area (Å²) in [4.78, 5) is 15.6. The maximum atomic E-state index is 11.5. The van der Waals surface area contributed by atoms with E-state index in [1.54, 1.807) is 30.7 Å². The molecule has 0 saturated heterocycles. The molecule has 0 unspecified atom stereocenters. The van der Waals surface area contributed by atoms with Crippen molar-refractivity contribution in [1.29, 1.82) is 0 Å². The first-order valence-electron chi connectivity index (χ1n) is 5.74. The molecular formula is C14H14N2O2. The number of carbonyl (C=O) groups is 1. The minimum Gasteiger partial charge on any atom is -0.465 e. The Labute approximate surface area is 105 Å². The molecule has 92 valence electrons. The second-order valence-electron chi connectivity index (χ2n) is 3.71. The Bertz CT molecular complexity index is 504. The van der Waals surface area contributed by atoms with Crippen LogP contribution in [-0.4, -0.2) is 17.4 Å². The van der Waals surface area contributed by atoms with Gasteiger partial charge in [0.1, 0.15) is 5.76 Å². The topological polar surface area (TPSA) is 55.1 Å². The Hall–Kier alpha value is -2.36. The third-order valence-corrected chi connectivity index (χ3v) is 2.35. The molecule has 1 amide bonds. The summed E-state index contributed by atoms with van der Waals surface area (Å²) in [6.45, 7) is 0.568. The Morgan fingerprint density at radius 3 is 3.00 bits per heavy atom. The Kier molecular flexibility index (Phi) is 4.30. The lowest BCUT2D eigenvalue weighted by atomic mass is 10.3. The minimum absolute atomic E-state index is 0.137. The first-order valence-corrected chi connectivity index (χ1v) is 5.74. The van der Waals surface area contributed by atoms with Gasteiger partial charge in [-0.3, -0.25) is 9.78 Å².